The number of halogens is 4. The Morgan fingerprint density at radius 2 is 1.11 bits per heavy atom. The molecule has 0 saturated heterocycles. The van der Waals surface area contributed by atoms with E-state index in [-0.39, 0.29) is 11.5 Å². The first kappa shape index (κ1) is 26.8. The van der Waals surface area contributed by atoms with Gasteiger partial charge in [0.15, 0.2) is 11.5 Å². The summed E-state index contributed by atoms with van der Waals surface area (Å²) >= 11 is 24.3. The van der Waals surface area contributed by atoms with E-state index in [0.29, 0.717) is 55.5 Å². The first-order valence-corrected chi connectivity index (χ1v) is 12.0. The average Bonchev–Trinajstić information content (AvgIpc) is 3.32. The summed E-state index contributed by atoms with van der Waals surface area (Å²) in [7, 11) is 0. The summed E-state index contributed by atoms with van der Waals surface area (Å²) in [5.74, 6) is -1.47. The van der Waals surface area contributed by atoms with Crippen LogP contribution >= 0.6 is 46.4 Å². The lowest BCUT2D eigenvalue weighted by Crippen LogP contribution is -2.21. The molecule has 0 aliphatic rings. The summed E-state index contributed by atoms with van der Waals surface area (Å²) in [5.41, 5.74) is 7.21. The number of amides is 2. The zero-order valence-electron chi connectivity index (χ0n) is 18.7. The highest BCUT2D eigenvalue weighted by molar-refractivity contribution is 6.37. The zero-order chi connectivity index (χ0) is 25.5. The standard InChI is InChI=1S/C24H20Cl4N4O3/c1-3-19(15-7-5-13(25)11-17(15)27)29-31-23(33)21-9-10-22(35-21)24(34)32-30-20(4-2)16-8-6-14(26)12-18(16)28/h5-12H,3-4H2,1-2H3,(H,31,33)(H,32,34). The molecule has 0 aliphatic carbocycles. The first-order valence-electron chi connectivity index (χ1n) is 10.5. The Balaban J connectivity index is 1.69. The molecule has 0 aliphatic heterocycles. The third-order valence-corrected chi connectivity index (χ3v) is 5.89. The minimum Gasteiger partial charge on any atom is -0.446 e. The number of nitrogens with zero attached hydrogens (tertiary/aromatic N) is 2. The van der Waals surface area contributed by atoms with Crippen LogP contribution in [0.25, 0.3) is 0 Å². The van der Waals surface area contributed by atoms with E-state index >= 15 is 0 Å². The Kier molecular flexibility index (Phi) is 9.34. The molecule has 1 heterocycles. The molecule has 0 unspecified atom stereocenters. The molecular formula is C24H20Cl4N4O3. The molecule has 2 amide bonds. The van der Waals surface area contributed by atoms with Crippen molar-refractivity contribution in [1.82, 2.24) is 10.9 Å². The fraction of sp³-hybridized carbons (Fsp3) is 0.167. The Labute approximate surface area is 222 Å². The lowest BCUT2D eigenvalue weighted by molar-refractivity contribution is 0.0902. The molecule has 35 heavy (non-hydrogen) atoms. The molecule has 0 saturated carbocycles. The second-order valence-electron chi connectivity index (χ2n) is 7.12. The molecule has 182 valence electrons. The summed E-state index contributed by atoms with van der Waals surface area (Å²) in [5, 5.41) is 10.1. The van der Waals surface area contributed by atoms with Gasteiger partial charge in [-0.2, -0.15) is 10.2 Å². The summed E-state index contributed by atoms with van der Waals surface area (Å²) in [6, 6.07) is 12.7. The van der Waals surface area contributed by atoms with E-state index in [2.05, 4.69) is 21.1 Å². The van der Waals surface area contributed by atoms with E-state index in [1.54, 1.807) is 36.4 Å². The summed E-state index contributed by atoms with van der Waals surface area (Å²) in [6.07, 6.45) is 1.01. The van der Waals surface area contributed by atoms with Gasteiger partial charge in [0, 0.05) is 21.2 Å². The number of hydrogen-bond acceptors (Lipinski definition) is 5. The van der Waals surface area contributed by atoms with Crippen molar-refractivity contribution in [3.8, 4) is 0 Å². The Morgan fingerprint density at radius 1 is 0.714 bits per heavy atom. The van der Waals surface area contributed by atoms with Gasteiger partial charge in [-0.25, -0.2) is 10.9 Å². The number of hydrazone groups is 2. The molecule has 0 spiro atoms. The minimum atomic E-state index is -0.634. The van der Waals surface area contributed by atoms with Gasteiger partial charge in [-0.15, -0.1) is 0 Å². The maximum atomic E-state index is 12.5. The van der Waals surface area contributed by atoms with Gasteiger partial charge in [0.2, 0.25) is 0 Å². The van der Waals surface area contributed by atoms with Crippen molar-refractivity contribution in [2.75, 3.05) is 0 Å². The highest BCUT2D eigenvalue weighted by Crippen LogP contribution is 2.23. The number of furan rings is 1. The number of hydrogen-bond donors (Lipinski definition) is 2. The topological polar surface area (TPSA) is 96.1 Å². The van der Waals surface area contributed by atoms with E-state index in [9.17, 15) is 9.59 Å². The fourth-order valence-electron chi connectivity index (χ4n) is 3.04. The van der Waals surface area contributed by atoms with Gasteiger partial charge in [-0.1, -0.05) is 72.4 Å². The van der Waals surface area contributed by atoms with Crippen molar-refractivity contribution in [1.29, 1.82) is 0 Å². The predicted octanol–water partition coefficient (Wildman–Crippen LogP) is 6.98. The summed E-state index contributed by atoms with van der Waals surface area (Å²) in [4.78, 5) is 25.0. The van der Waals surface area contributed by atoms with Crippen LogP contribution < -0.4 is 10.9 Å². The van der Waals surface area contributed by atoms with Crippen LogP contribution in [-0.4, -0.2) is 23.2 Å². The second kappa shape index (κ2) is 12.2. The monoisotopic (exact) mass is 552 g/mol. The Hall–Kier alpha value is -2.84. The molecule has 7 nitrogen and oxygen atoms in total. The summed E-state index contributed by atoms with van der Waals surface area (Å²) < 4.78 is 5.38. The van der Waals surface area contributed by atoms with Crippen LogP contribution in [0.2, 0.25) is 20.1 Å². The van der Waals surface area contributed by atoms with Crippen molar-refractivity contribution in [2.45, 2.75) is 26.7 Å². The van der Waals surface area contributed by atoms with E-state index in [1.807, 2.05) is 13.8 Å². The van der Waals surface area contributed by atoms with Crippen LogP contribution in [0.5, 0.6) is 0 Å². The van der Waals surface area contributed by atoms with Gasteiger partial charge in [-0.3, -0.25) is 9.59 Å². The van der Waals surface area contributed by atoms with Crippen molar-refractivity contribution >= 4 is 69.6 Å². The van der Waals surface area contributed by atoms with Gasteiger partial charge in [0.25, 0.3) is 0 Å². The molecule has 0 bridgehead atoms. The highest BCUT2D eigenvalue weighted by Gasteiger charge is 2.17. The van der Waals surface area contributed by atoms with Crippen molar-refractivity contribution < 1.29 is 14.0 Å². The van der Waals surface area contributed by atoms with Gasteiger partial charge >= 0.3 is 11.8 Å². The molecule has 2 N–H and O–H groups in total. The Morgan fingerprint density at radius 3 is 1.46 bits per heavy atom. The van der Waals surface area contributed by atoms with Crippen LogP contribution in [0, 0.1) is 0 Å². The first-order chi connectivity index (χ1) is 16.7. The third-order valence-electron chi connectivity index (χ3n) is 4.79. The van der Waals surface area contributed by atoms with Gasteiger partial charge < -0.3 is 4.42 Å². The smallest absolute Gasteiger partial charge is 0.307 e. The number of benzene rings is 2. The zero-order valence-corrected chi connectivity index (χ0v) is 21.7. The predicted molar refractivity (Wildman–Crippen MR) is 140 cm³/mol. The van der Waals surface area contributed by atoms with Crippen molar-refractivity contribution in [3.63, 3.8) is 0 Å². The SMILES string of the molecule is CCC(=NNC(=O)c1ccc(C(=O)NN=C(CC)c2ccc(Cl)cc2Cl)o1)c1ccc(Cl)cc1Cl. The largest absolute Gasteiger partial charge is 0.446 e. The molecule has 0 atom stereocenters. The number of nitrogens with one attached hydrogen (secondary N) is 2. The average molecular weight is 554 g/mol. The molecule has 3 rings (SSSR count). The van der Waals surface area contributed by atoms with Crippen molar-refractivity contribution in [3.05, 3.63) is 91.3 Å². The van der Waals surface area contributed by atoms with E-state index < -0.39 is 11.8 Å². The molecule has 2 aromatic carbocycles. The molecule has 0 radical (unpaired) electrons. The molecule has 0 fully saturated rings. The van der Waals surface area contributed by atoms with Crippen LogP contribution in [-0.2, 0) is 0 Å². The van der Waals surface area contributed by atoms with Crippen LogP contribution in [0.1, 0.15) is 58.9 Å². The Bertz CT molecular complexity index is 1220. The number of carbonyl (C=O) groups is 2. The normalized spacial score (nSPS) is 11.9. The third kappa shape index (κ3) is 6.86. The van der Waals surface area contributed by atoms with Crippen LogP contribution in [0.4, 0.5) is 0 Å². The van der Waals surface area contributed by atoms with E-state index in [1.165, 1.54) is 12.1 Å². The lowest BCUT2D eigenvalue weighted by Gasteiger charge is -2.07. The van der Waals surface area contributed by atoms with Crippen molar-refractivity contribution in [2.24, 2.45) is 10.2 Å². The number of rotatable bonds is 8. The molecule has 3 aromatic rings. The van der Waals surface area contributed by atoms with Crippen LogP contribution in [0.3, 0.4) is 0 Å². The minimum absolute atomic E-state index is 0.100. The van der Waals surface area contributed by atoms with Crippen LogP contribution in [0.15, 0.2) is 63.2 Å². The summed E-state index contributed by atoms with van der Waals surface area (Å²) in [6.45, 7) is 3.74. The molecular weight excluding hydrogens is 534 g/mol. The van der Waals surface area contributed by atoms with Gasteiger partial charge in [0.1, 0.15) is 0 Å². The van der Waals surface area contributed by atoms with Gasteiger partial charge in [0.05, 0.1) is 21.5 Å². The maximum absolute atomic E-state index is 12.5. The fourth-order valence-corrected chi connectivity index (χ4v) is 4.07. The highest BCUT2D eigenvalue weighted by atomic mass is 35.5. The quantitative estimate of drug-likeness (QED) is 0.232. The second-order valence-corrected chi connectivity index (χ2v) is 8.81. The maximum Gasteiger partial charge on any atom is 0.307 e. The van der Waals surface area contributed by atoms with E-state index in [0.717, 1.165) is 0 Å². The number of carbonyl (C=O) groups excluding carboxylic acids is 2. The molecule has 1 aromatic heterocycles. The van der Waals surface area contributed by atoms with E-state index in [4.69, 9.17) is 50.8 Å². The molecule has 11 heteroatoms. The van der Waals surface area contributed by atoms with Gasteiger partial charge in [-0.05, 0) is 49.2 Å². The lowest BCUT2D eigenvalue weighted by atomic mass is 10.1.